The lowest BCUT2D eigenvalue weighted by Crippen LogP contribution is -2.41. The zero-order chi connectivity index (χ0) is 14.5. The van der Waals surface area contributed by atoms with Crippen LogP contribution in [-0.4, -0.2) is 50.4 Å². The molecule has 7 heteroatoms. The third-order valence-corrected chi connectivity index (χ3v) is 5.42. The molecule has 0 radical (unpaired) electrons. The number of hydrogen-bond donors (Lipinski definition) is 0. The molecule has 0 saturated carbocycles. The highest BCUT2D eigenvalue weighted by atomic mass is 32.2. The van der Waals surface area contributed by atoms with E-state index in [0.717, 1.165) is 5.47 Å². The van der Waals surface area contributed by atoms with E-state index in [0.29, 0.717) is 19.5 Å². The summed E-state index contributed by atoms with van der Waals surface area (Å²) in [7, 11) is -3.61. The second-order valence-corrected chi connectivity index (χ2v) is 8.23. The van der Waals surface area contributed by atoms with Crippen molar-refractivity contribution in [3.8, 4) is 0 Å². The van der Waals surface area contributed by atoms with E-state index >= 15 is 0 Å². The van der Waals surface area contributed by atoms with Crippen molar-refractivity contribution in [2.45, 2.75) is 45.3 Å². The molecule has 0 atom stereocenters. The van der Waals surface area contributed by atoms with Crippen LogP contribution in [0.4, 0.5) is 0 Å². The van der Waals surface area contributed by atoms with Crippen LogP contribution in [0.1, 0.15) is 34.1 Å². The molecular weight excluding hydrogens is 265 g/mol. The molecule has 2 aliphatic heterocycles. The molecule has 0 aliphatic carbocycles. The number of hydrogen-bond acceptors (Lipinski definition) is 4. The molecule has 5 nitrogen and oxygen atoms in total. The fourth-order valence-electron chi connectivity index (χ4n) is 2.19. The highest BCUT2D eigenvalue weighted by Gasteiger charge is 2.52. The summed E-state index contributed by atoms with van der Waals surface area (Å²) in [5.41, 5.74) is 0.105. The van der Waals surface area contributed by atoms with Gasteiger partial charge in [0.25, 0.3) is 0 Å². The van der Waals surface area contributed by atoms with Gasteiger partial charge in [-0.15, -0.1) is 0 Å². The van der Waals surface area contributed by atoms with Gasteiger partial charge in [0, 0.05) is 13.1 Å². The van der Waals surface area contributed by atoms with Crippen LogP contribution in [0.3, 0.4) is 0 Å². The van der Waals surface area contributed by atoms with E-state index in [9.17, 15) is 8.42 Å². The summed E-state index contributed by atoms with van der Waals surface area (Å²) in [6.07, 6.45) is 3.97. The van der Waals surface area contributed by atoms with Crippen molar-refractivity contribution >= 4 is 17.1 Å². The Morgan fingerprint density at radius 1 is 1.21 bits per heavy atom. The summed E-state index contributed by atoms with van der Waals surface area (Å²) in [4.78, 5) is 0. The van der Waals surface area contributed by atoms with Crippen molar-refractivity contribution in [2.24, 2.45) is 0 Å². The van der Waals surface area contributed by atoms with E-state index < -0.39 is 28.3 Å². The molecule has 0 bridgehead atoms. The first-order valence-electron chi connectivity index (χ1n) is 6.53. The molecule has 1 fully saturated rings. The summed E-state index contributed by atoms with van der Waals surface area (Å²) < 4.78 is 36.6. The molecular formula is C12H22BNO4S. The SMILES string of the molecule is CC1(C)OB(C2=CCCN(S(C)(=O)=O)C2)OC1(C)C. The molecule has 2 rings (SSSR count). The van der Waals surface area contributed by atoms with Gasteiger partial charge in [-0.25, -0.2) is 8.42 Å². The molecule has 2 aliphatic rings. The topological polar surface area (TPSA) is 55.8 Å². The minimum absolute atomic E-state index is 0.357. The minimum Gasteiger partial charge on any atom is -0.400 e. The Bertz CT molecular complexity index is 482. The summed E-state index contributed by atoms with van der Waals surface area (Å²) in [5, 5.41) is 0. The summed E-state index contributed by atoms with van der Waals surface area (Å²) in [6, 6.07) is 0. The molecule has 0 aromatic heterocycles. The van der Waals surface area contributed by atoms with Crippen LogP contribution in [-0.2, 0) is 19.3 Å². The van der Waals surface area contributed by atoms with Crippen LogP contribution in [0.2, 0.25) is 0 Å². The molecule has 1 saturated heterocycles. The van der Waals surface area contributed by atoms with Gasteiger partial charge in [0.1, 0.15) is 0 Å². The lowest BCUT2D eigenvalue weighted by molar-refractivity contribution is 0.00578. The first-order valence-corrected chi connectivity index (χ1v) is 8.37. The van der Waals surface area contributed by atoms with Gasteiger partial charge in [-0.1, -0.05) is 6.08 Å². The summed E-state index contributed by atoms with van der Waals surface area (Å²) in [5.74, 6) is 0. The Kier molecular flexibility index (Phi) is 3.63. The maximum atomic E-state index is 11.6. The maximum absolute atomic E-state index is 11.6. The highest BCUT2D eigenvalue weighted by molar-refractivity contribution is 7.88. The minimum atomic E-state index is -3.16. The van der Waals surface area contributed by atoms with Crippen molar-refractivity contribution in [1.29, 1.82) is 0 Å². The zero-order valence-corrected chi connectivity index (χ0v) is 13.1. The van der Waals surface area contributed by atoms with Crippen LogP contribution >= 0.6 is 0 Å². The second-order valence-electron chi connectivity index (χ2n) is 6.25. The molecule has 19 heavy (non-hydrogen) atoms. The summed E-state index contributed by atoms with van der Waals surface area (Å²) in [6.45, 7) is 8.85. The number of nitrogens with zero attached hydrogens (tertiary/aromatic N) is 1. The predicted molar refractivity (Wildman–Crippen MR) is 75.2 cm³/mol. The van der Waals surface area contributed by atoms with Gasteiger partial charge in [-0.05, 0) is 39.6 Å². The van der Waals surface area contributed by atoms with Gasteiger partial charge in [0.05, 0.1) is 17.5 Å². The lowest BCUT2D eigenvalue weighted by Gasteiger charge is -2.32. The third kappa shape index (κ3) is 2.89. The van der Waals surface area contributed by atoms with Crippen molar-refractivity contribution in [3.05, 3.63) is 11.5 Å². The van der Waals surface area contributed by atoms with Gasteiger partial charge in [-0.2, -0.15) is 4.31 Å². The summed E-state index contributed by atoms with van der Waals surface area (Å²) >= 11 is 0. The Hall–Kier alpha value is -0.365. The van der Waals surface area contributed by atoms with E-state index in [-0.39, 0.29) is 0 Å². The van der Waals surface area contributed by atoms with Crippen LogP contribution in [0.25, 0.3) is 0 Å². The standard InChI is InChI=1S/C12H22BNO4S/c1-11(2)12(3,4)18-13(17-11)10-7-6-8-14(9-10)19(5,15)16/h7H,6,8-9H2,1-5H3. The first-order chi connectivity index (χ1) is 8.53. The van der Waals surface area contributed by atoms with E-state index in [1.54, 1.807) is 0 Å². The largest absolute Gasteiger partial charge is 0.491 e. The van der Waals surface area contributed by atoms with Gasteiger partial charge in [0.2, 0.25) is 10.0 Å². The highest BCUT2D eigenvalue weighted by Crippen LogP contribution is 2.39. The van der Waals surface area contributed by atoms with Gasteiger partial charge in [-0.3, -0.25) is 0 Å². The first kappa shape index (κ1) is 15.0. The molecule has 0 aromatic carbocycles. The smallest absolute Gasteiger partial charge is 0.400 e. The number of sulfonamides is 1. The molecule has 2 heterocycles. The number of rotatable bonds is 2. The Balaban J connectivity index is 2.15. The molecule has 108 valence electrons. The predicted octanol–water partition coefficient (Wildman–Crippen LogP) is 1.21. The lowest BCUT2D eigenvalue weighted by atomic mass is 9.76. The average Bonchev–Trinajstić information content (AvgIpc) is 2.47. The Morgan fingerprint density at radius 3 is 2.21 bits per heavy atom. The van der Waals surface area contributed by atoms with E-state index in [1.165, 1.54) is 10.6 Å². The van der Waals surface area contributed by atoms with E-state index in [1.807, 2.05) is 33.8 Å². The normalized spacial score (nSPS) is 27.4. The van der Waals surface area contributed by atoms with Crippen LogP contribution in [0.5, 0.6) is 0 Å². The van der Waals surface area contributed by atoms with Crippen LogP contribution in [0.15, 0.2) is 11.5 Å². The van der Waals surface area contributed by atoms with Crippen molar-refractivity contribution in [3.63, 3.8) is 0 Å². The Morgan fingerprint density at radius 2 is 1.74 bits per heavy atom. The molecule has 0 aromatic rings. The maximum Gasteiger partial charge on any atom is 0.491 e. The van der Waals surface area contributed by atoms with Gasteiger partial charge < -0.3 is 9.31 Å². The van der Waals surface area contributed by atoms with Gasteiger partial charge in [0.15, 0.2) is 0 Å². The van der Waals surface area contributed by atoms with Crippen molar-refractivity contribution < 1.29 is 17.7 Å². The molecule has 0 amide bonds. The van der Waals surface area contributed by atoms with Crippen molar-refractivity contribution in [2.75, 3.05) is 19.3 Å². The van der Waals surface area contributed by atoms with Crippen LogP contribution in [0, 0.1) is 0 Å². The zero-order valence-electron chi connectivity index (χ0n) is 12.3. The monoisotopic (exact) mass is 287 g/mol. The third-order valence-electron chi connectivity index (χ3n) is 4.17. The Labute approximate surface area is 116 Å². The van der Waals surface area contributed by atoms with Crippen LogP contribution < -0.4 is 0 Å². The van der Waals surface area contributed by atoms with E-state index in [2.05, 4.69) is 0 Å². The fraction of sp³-hybridized carbons (Fsp3) is 0.833. The molecule has 0 N–H and O–H groups in total. The fourth-order valence-corrected chi connectivity index (χ4v) is 3.01. The average molecular weight is 287 g/mol. The quantitative estimate of drug-likeness (QED) is 0.716. The molecule has 0 unspecified atom stereocenters. The van der Waals surface area contributed by atoms with E-state index in [4.69, 9.17) is 9.31 Å². The second kappa shape index (κ2) is 4.58. The molecule has 0 spiro atoms. The van der Waals surface area contributed by atoms with Gasteiger partial charge >= 0.3 is 7.12 Å². The van der Waals surface area contributed by atoms with Crippen molar-refractivity contribution in [1.82, 2.24) is 4.31 Å².